The molecule has 0 aromatic heterocycles. The molecule has 0 saturated heterocycles. The molecule has 4 nitrogen and oxygen atoms in total. The largest absolute Gasteiger partial charge is 0.481 e. The number of halogens is 3. The van der Waals surface area contributed by atoms with Crippen LogP contribution in [0, 0.1) is 0 Å². The van der Waals surface area contributed by atoms with Gasteiger partial charge in [0.05, 0.1) is 12.0 Å². The van der Waals surface area contributed by atoms with E-state index in [9.17, 15) is 22.8 Å². The zero-order valence-corrected chi connectivity index (χ0v) is 16.0. The number of carboxylic acid groups (broad SMARTS) is 1. The quantitative estimate of drug-likeness (QED) is 0.620. The third kappa shape index (κ3) is 4.68. The van der Waals surface area contributed by atoms with E-state index in [2.05, 4.69) is 0 Å². The first-order valence-electron chi connectivity index (χ1n) is 9.02. The number of carbonyl (C=O) groups is 2. The summed E-state index contributed by atoms with van der Waals surface area (Å²) in [7, 11) is 1.58. The first kappa shape index (κ1) is 21.1. The summed E-state index contributed by atoms with van der Waals surface area (Å²) in [5, 5.41) is 8.86. The SMILES string of the molecule is CN(C(=O)c1ccccc1-c1ccc(C(F)(F)F)cc1)c1ccc(CC(=O)O)cc1. The summed E-state index contributed by atoms with van der Waals surface area (Å²) in [6.45, 7) is 0. The molecule has 0 aliphatic rings. The van der Waals surface area contributed by atoms with Crippen molar-refractivity contribution in [2.24, 2.45) is 0 Å². The Bertz CT molecular complexity index is 1060. The zero-order chi connectivity index (χ0) is 21.9. The molecule has 30 heavy (non-hydrogen) atoms. The number of nitrogens with zero attached hydrogens (tertiary/aromatic N) is 1. The first-order valence-corrected chi connectivity index (χ1v) is 9.02. The van der Waals surface area contributed by atoms with Crippen LogP contribution in [0.15, 0.2) is 72.8 Å². The summed E-state index contributed by atoms with van der Waals surface area (Å²) in [6, 6.07) is 17.9. The van der Waals surface area contributed by atoms with Crippen LogP contribution in [-0.2, 0) is 17.4 Å². The second kappa shape index (κ2) is 8.41. The van der Waals surface area contributed by atoms with Crippen LogP contribution in [0.5, 0.6) is 0 Å². The van der Waals surface area contributed by atoms with E-state index in [0.717, 1.165) is 12.1 Å². The lowest BCUT2D eigenvalue weighted by atomic mass is 9.97. The van der Waals surface area contributed by atoms with Gasteiger partial charge in [-0.1, -0.05) is 42.5 Å². The maximum atomic E-state index is 13.1. The molecule has 1 amide bonds. The minimum Gasteiger partial charge on any atom is -0.481 e. The highest BCUT2D eigenvalue weighted by molar-refractivity contribution is 6.09. The fraction of sp³-hybridized carbons (Fsp3) is 0.130. The van der Waals surface area contributed by atoms with Gasteiger partial charge in [0.15, 0.2) is 0 Å². The molecule has 0 aliphatic carbocycles. The fourth-order valence-corrected chi connectivity index (χ4v) is 3.07. The van der Waals surface area contributed by atoms with E-state index >= 15 is 0 Å². The maximum Gasteiger partial charge on any atom is 0.416 e. The molecular weight excluding hydrogens is 395 g/mol. The van der Waals surface area contributed by atoms with Gasteiger partial charge in [-0.3, -0.25) is 9.59 Å². The molecule has 154 valence electrons. The van der Waals surface area contributed by atoms with E-state index in [-0.39, 0.29) is 12.3 Å². The fourth-order valence-electron chi connectivity index (χ4n) is 3.07. The number of hydrogen-bond acceptors (Lipinski definition) is 2. The Morgan fingerprint density at radius 3 is 2.07 bits per heavy atom. The van der Waals surface area contributed by atoms with Crippen molar-refractivity contribution < 1.29 is 27.9 Å². The number of hydrogen-bond donors (Lipinski definition) is 1. The molecule has 0 radical (unpaired) electrons. The molecule has 1 N–H and O–H groups in total. The number of benzene rings is 3. The number of alkyl halides is 3. The molecule has 7 heteroatoms. The average molecular weight is 413 g/mol. The predicted octanol–water partition coefficient (Wildman–Crippen LogP) is 5.28. The number of anilines is 1. The average Bonchev–Trinajstić information content (AvgIpc) is 2.72. The molecule has 3 rings (SSSR count). The van der Waals surface area contributed by atoms with Crippen LogP contribution in [0.3, 0.4) is 0 Å². The second-order valence-corrected chi connectivity index (χ2v) is 6.72. The Hall–Kier alpha value is -3.61. The molecule has 0 heterocycles. The Kier molecular flexibility index (Phi) is 5.91. The smallest absolute Gasteiger partial charge is 0.416 e. The third-order valence-electron chi connectivity index (χ3n) is 4.66. The van der Waals surface area contributed by atoms with Crippen LogP contribution in [0.25, 0.3) is 11.1 Å². The number of carboxylic acids is 1. The van der Waals surface area contributed by atoms with Gasteiger partial charge in [-0.15, -0.1) is 0 Å². The summed E-state index contributed by atoms with van der Waals surface area (Å²) >= 11 is 0. The van der Waals surface area contributed by atoms with E-state index in [1.54, 1.807) is 55.6 Å². The second-order valence-electron chi connectivity index (χ2n) is 6.72. The lowest BCUT2D eigenvalue weighted by molar-refractivity contribution is -0.138. The van der Waals surface area contributed by atoms with E-state index in [1.807, 2.05) is 0 Å². The lowest BCUT2D eigenvalue weighted by Crippen LogP contribution is -2.26. The number of rotatable bonds is 5. The van der Waals surface area contributed by atoms with Crippen LogP contribution in [0.4, 0.5) is 18.9 Å². The Balaban J connectivity index is 1.89. The van der Waals surface area contributed by atoms with Gasteiger partial charge >= 0.3 is 12.1 Å². The Morgan fingerprint density at radius 1 is 0.900 bits per heavy atom. The first-order chi connectivity index (χ1) is 14.2. The van der Waals surface area contributed by atoms with Crippen molar-refractivity contribution in [1.82, 2.24) is 0 Å². The van der Waals surface area contributed by atoms with Gasteiger partial charge < -0.3 is 10.0 Å². The molecular formula is C23H18F3NO3. The summed E-state index contributed by atoms with van der Waals surface area (Å²) in [5.41, 5.74) is 1.78. The highest BCUT2D eigenvalue weighted by Gasteiger charge is 2.30. The lowest BCUT2D eigenvalue weighted by Gasteiger charge is -2.20. The van der Waals surface area contributed by atoms with Crippen molar-refractivity contribution >= 4 is 17.6 Å². The van der Waals surface area contributed by atoms with Gasteiger partial charge in [0.25, 0.3) is 5.91 Å². The van der Waals surface area contributed by atoms with Gasteiger partial charge in [0, 0.05) is 18.3 Å². The van der Waals surface area contributed by atoms with Crippen LogP contribution < -0.4 is 4.90 Å². The monoisotopic (exact) mass is 413 g/mol. The minimum atomic E-state index is -4.43. The number of carbonyl (C=O) groups excluding carboxylic acids is 1. The van der Waals surface area contributed by atoms with Crippen LogP contribution in [0.1, 0.15) is 21.5 Å². The van der Waals surface area contributed by atoms with E-state index in [1.165, 1.54) is 17.0 Å². The van der Waals surface area contributed by atoms with E-state index < -0.39 is 17.7 Å². The van der Waals surface area contributed by atoms with Gasteiger partial charge in [-0.25, -0.2) is 0 Å². The summed E-state index contributed by atoms with van der Waals surface area (Å²) in [4.78, 5) is 25.3. The topological polar surface area (TPSA) is 57.6 Å². The van der Waals surface area contributed by atoms with Crippen molar-refractivity contribution in [3.8, 4) is 11.1 Å². The molecule has 0 unspecified atom stereocenters. The normalized spacial score (nSPS) is 11.2. The van der Waals surface area contributed by atoms with Crippen LogP contribution >= 0.6 is 0 Å². The summed E-state index contributed by atoms with van der Waals surface area (Å²) < 4.78 is 38.5. The molecule has 0 saturated carbocycles. The molecule has 0 aliphatic heterocycles. The third-order valence-corrected chi connectivity index (χ3v) is 4.66. The summed E-state index contributed by atoms with van der Waals surface area (Å²) in [6.07, 6.45) is -4.55. The molecule has 0 spiro atoms. The van der Waals surface area contributed by atoms with Crippen molar-refractivity contribution in [2.75, 3.05) is 11.9 Å². The van der Waals surface area contributed by atoms with Crippen molar-refractivity contribution in [1.29, 1.82) is 0 Å². The van der Waals surface area contributed by atoms with Gasteiger partial charge in [-0.2, -0.15) is 13.2 Å². The van der Waals surface area contributed by atoms with Crippen LogP contribution in [-0.4, -0.2) is 24.0 Å². The Morgan fingerprint density at radius 2 is 1.50 bits per heavy atom. The molecule has 0 fully saturated rings. The number of aliphatic carboxylic acids is 1. The zero-order valence-electron chi connectivity index (χ0n) is 16.0. The minimum absolute atomic E-state index is 0.116. The van der Waals surface area contributed by atoms with Crippen LogP contribution in [0.2, 0.25) is 0 Å². The van der Waals surface area contributed by atoms with E-state index in [0.29, 0.717) is 27.9 Å². The Labute approximate surface area is 171 Å². The van der Waals surface area contributed by atoms with Crippen molar-refractivity contribution in [3.05, 3.63) is 89.5 Å². The highest BCUT2D eigenvalue weighted by Crippen LogP contribution is 2.32. The van der Waals surface area contributed by atoms with Crippen molar-refractivity contribution in [3.63, 3.8) is 0 Å². The predicted molar refractivity (Wildman–Crippen MR) is 107 cm³/mol. The summed E-state index contributed by atoms with van der Waals surface area (Å²) in [5.74, 6) is -1.28. The molecule has 0 bridgehead atoms. The van der Waals surface area contributed by atoms with Gasteiger partial charge in [-0.05, 0) is 47.0 Å². The molecule has 0 atom stereocenters. The number of amides is 1. The van der Waals surface area contributed by atoms with Gasteiger partial charge in [0.2, 0.25) is 0 Å². The molecule has 3 aromatic rings. The van der Waals surface area contributed by atoms with Crippen molar-refractivity contribution in [2.45, 2.75) is 12.6 Å². The van der Waals surface area contributed by atoms with E-state index in [4.69, 9.17) is 5.11 Å². The van der Waals surface area contributed by atoms with Gasteiger partial charge in [0.1, 0.15) is 0 Å². The maximum absolute atomic E-state index is 13.1. The molecule has 3 aromatic carbocycles. The highest BCUT2D eigenvalue weighted by atomic mass is 19.4. The standard InChI is InChI=1S/C23H18F3NO3/c1-27(18-12-6-15(7-13-18)14-21(28)29)22(30)20-5-3-2-4-19(20)16-8-10-17(11-9-16)23(24,25)26/h2-13H,14H2,1H3,(H,28,29).